The first-order valence-corrected chi connectivity index (χ1v) is 9.72. The molecule has 3 aromatic rings. The van der Waals surface area contributed by atoms with Gasteiger partial charge in [-0.15, -0.1) is 6.58 Å². The van der Waals surface area contributed by atoms with Crippen LogP contribution in [0.15, 0.2) is 60.1 Å². The van der Waals surface area contributed by atoms with Crippen LogP contribution >= 0.6 is 11.3 Å². The number of hydrogen-bond donors (Lipinski definition) is 0. The Morgan fingerprint density at radius 2 is 2.10 bits per heavy atom. The standard InChI is InChI=1S/C21H18N2O5S/c1-3-10-23-14-9-8-13(20(25)26-2)11-18(14)29-21(23)22-19(24)17-12-27-15-6-4-5-7-16(15)28-17/h3-9,11,17H,1,10,12H2,2H3. The maximum Gasteiger partial charge on any atom is 0.337 e. The van der Waals surface area contributed by atoms with Crippen molar-refractivity contribution in [2.45, 2.75) is 12.6 Å². The number of amides is 1. The van der Waals surface area contributed by atoms with Crippen LogP contribution in [0.4, 0.5) is 0 Å². The molecular formula is C21H18N2O5S. The van der Waals surface area contributed by atoms with E-state index in [0.29, 0.717) is 28.4 Å². The van der Waals surface area contributed by atoms with Crippen molar-refractivity contribution in [3.63, 3.8) is 0 Å². The maximum atomic E-state index is 12.8. The quantitative estimate of drug-likeness (QED) is 0.488. The number of benzene rings is 2. The topological polar surface area (TPSA) is 79.1 Å². The Morgan fingerprint density at radius 3 is 2.86 bits per heavy atom. The first-order chi connectivity index (χ1) is 14.1. The third-order valence-electron chi connectivity index (χ3n) is 4.41. The van der Waals surface area contributed by atoms with Crippen LogP contribution in [0.25, 0.3) is 10.2 Å². The Hall–Kier alpha value is -3.39. The minimum atomic E-state index is -0.821. The summed E-state index contributed by atoms with van der Waals surface area (Å²) >= 11 is 1.31. The SMILES string of the molecule is C=CCn1c(=NC(=O)C2COc3ccccc3O2)sc2cc(C(=O)OC)ccc21. The van der Waals surface area contributed by atoms with Crippen molar-refractivity contribution in [3.8, 4) is 11.5 Å². The molecule has 0 bridgehead atoms. The van der Waals surface area contributed by atoms with E-state index in [1.54, 1.807) is 30.3 Å². The number of para-hydroxylation sites is 2. The van der Waals surface area contributed by atoms with Gasteiger partial charge in [-0.05, 0) is 30.3 Å². The highest BCUT2D eigenvalue weighted by Crippen LogP contribution is 2.31. The lowest BCUT2D eigenvalue weighted by Gasteiger charge is -2.23. The lowest BCUT2D eigenvalue weighted by molar-refractivity contribution is -0.127. The van der Waals surface area contributed by atoms with Gasteiger partial charge < -0.3 is 18.8 Å². The maximum absolute atomic E-state index is 12.8. The molecular weight excluding hydrogens is 392 g/mol. The second-order valence-electron chi connectivity index (χ2n) is 6.27. The summed E-state index contributed by atoms with van der Waals surface area (Å²) in [7, 11) is 1.34. The van der Waals surface area contributed by atoms with Crippen molar-refractivity contribution in [1.29, 1.82) is 0 Å². The van der Waals surface area contributed by atoms with E-state index in [9.17, 15) is 9.59 Å². The minimum absolute atomic E-state index is 0.0954. The summed E-state index contributed by atoms with van der Waals surface area (Å²) in [6, 6.07) is 12.4. The number of nitrogens with zero attached hydrogens (tertiary/aromatic N) is 2. The first-order valence-electron chi connectivity index (χ1n) is 8.90. The molecule has 1 amide bonds. The largest absolute Gasteiger partial charge is 0.485 e. The molecule has 29 heavy (non-hydrogen) atoms. The lowest BCUT2D eigenvalue weighted by Crippen LogP contribution is -2.36. The van der Waals surface area contributed by atoms with Crippen molar-refractivity contribution in [2.75, 3.05) is 13.7 Å². The van der Waals surface area contributed by atoms with Gasteiger partial charge >= 0.3 is 5.97 Å². The number of rotatable bonds is 4. The molecule has 1 aliphatic heterocycles. The van der Waals surface area contributed by atoms with Crippen molar-refractivity contribution in [3.05, 3.63) is 65.5 Å². The predicted octanol–water partition coefficient (Wildman–Crippen LogP) is 2.94. The van der Waals surface area contributed by atoms with Gasteiger partial charge in [0.25, 0.3) is 5.91 Å². The van der Waals surface area contributed by atoms with Gasteiger partial charge in [-0.3, -0.25) is 4.79 Å². The highest BCUT2D eigenvalue weighted by atomic mass is 32.1. The molecule has 1 aliphatic rings. The molecule has 2 aromatic carbocycles. The number of thiazole rings is 1. The van der Waals surface area contributed by atoms with E-state index in [-0.39, 0.29) is 6.61 Å². The van der Waals surface area contributed by atoms with Gasteiger partial charge in [0.15, 0.2) is 16.3 Å². The van der Waals surface area contributed by atoms with Crippen molar-refractivity contribution >= 4 is 33.4 Å². The van der Waals surface area contributed by atoms with Gasteiger partial charge in [0.1, 0.15) is 6.61 Å². The van der Waals surface area contributed by atoms with Crippen LogP contribution in [0.5, 0.6) is 11.5 Å². The van der Waals surface area contributed by atoms with Crippen LogP contribution in [0.3, 0.4) is 0 Å². The summed E-state index contributed by atoms with van der Waals surface area (Å²) in [5.74, 6) is 0.273. The number of aromatic nitrogens is 1. The van der Waals surface area contributed by atoms with E-state index in [4.69, 9.17) is 14.2 Å². The zero-order valence-corrected chi connectivity index (χ0v) is 16.5. The molecule has 0 spiro atoms. The van der Waals surface area contributed by atoms with Crippen LogP contribution in [0.1, 0.15) is 10.4 Å². The summed E-state index contributed by atoms with van der Waals surface area (Å²) in [5.41, 5.74) is 1.28. The Morgan fingerprint density at radius 1 is 1.31 bits per heavy atom. The van der Waals surface area contributed by atoms with Crippen LogP contribution < -0.4 is 14.3 Å². The summed E-state index contributed by atoms with van der Waals surface area (Å²) in [6.07, 6.45) is 0.901. The third kappa shape index (κ3) is 3.66. The zero-order chi connectivity index (χ0) is 20.4. The fourth-order valence-corrected chi connectivity index (χ4v) is 4.10. The highest BCUT2D eigenvalue weighted by Gasteiger charge is 2.27. The number of esters is 1. The highest BCUT2D eigenvalue weighted by molar-refractivity contribution is 7.16. The number of carbonyl (C=O) groups excluding carboxylic acids is 2. The average Bonchev–Trinajstić information content (AvgIpc) is 3.09. The van der Waals surface area contributed by atoms with Crippen LogP contribution in [0.2, 0.25) is 0 Å². The first kappa shape index (κ1) is 18.9. The average molecular weight is 410 g/mol. The molecule has 7 nitrogen and oxygen atoms in total. The number of allylic oxidation sites excluding steroid dienone is 1. The third-order valence-corrected chi connectivity index (χ3v) is 5.45. The van der Waals surface area contributed by atoms with E-state index in [1.165, 1.54) is 18.4 Å². The smallest absolute Gasteiger partial charge is 0.337 e. The van der Waals surface area contributed by atoms with Gasteiger partial charge in [-0.2, -0.15) is 4.99 Å². The van der Waals surface area contributed by atoms with Gasteiger partial charge in [-0.25, -0.2) is 4.79 Å². The molecule has 0 radical (unpaired) electrons. The molecule has 148 valence electrons. The number of carbonyl (C=O) groups is 2. The number of ether oxygens (including phenoxy) is 3. The second kappa shape index (κ2) is 7.92. The Bertz CT molecular complexity index is 1180. The Balaban J connectivity index is 1.71. The second-order valence-corrected chi connectivity index (χ2v) is 7.28. The number of methoxy groups -OCH3 is 1. The normalized spacial score (nSPS) is 15.9. The van der Waals surface area contributed by atoms with Crippen molar-refractivity contribution in [1.82, 2.24) is 4.57 Å². The summed E-state index contributed by atoms with van der Waals surface area (Å²) in [4.78, 5) is 29.3. The minimum Gasteiger partial charge on any atom is -0.485 e. The fourth-order valence-electron chi connectivity index (χ4n) is 3.02. The van der Waals surface area contributed by atoms with Gasteiger partial charge in [0.05, 0.1) is 22.9 Å². The summed E-state index contributed by atoms with van der Waals surface area (Å²) in [6.45, 7) is 4.34. The molecule has 0 fully saturated rings. The monoisotopic (exact) mass is 410 g/mol. The van der Waals surface area contributed by atoms with E-state index in [2.05, 4.69) is 11.6 Å². The van der Waals surface area contributed by atoms with E-state index < -0.39 is 18.0 Å². The number of fused-ring (bicyclic) bond motifs is 2. The fraction of sp³-hybridized carbons (Fsp3) is 0.190. The molecule has 0 N–H and O–H groups in total. The molecule has 2 heterocycles. The predicted molar refractivity (Wildman–Crippen MR) is 108 cm³/mol. The van der Waals surface area contributed by atoms with Crippen LogP contribution in [0, 0.1) is 0 Å². The Labute approximate surface area is 170 Å². The van der Waals surface area contributed by atoms with Gasteiger partial charge in [-0.1, -0.05) is 29.5 Å². The molecule has 1 aromatic heterocycles. The van der Waals surface area contributed by atoms with Gasteiger partial charge in [0.2, 0.25) is 6.10 Å². The molecule has 8 heteroatoms. The molecule has 4 rings (SSSR count). The zero-order valence-electron chi connectivity index (χ0n) is 15.7. The van der Waals surface area contributed by atoms with Crippen molar-refractivity contribution < 1.29 is 23.8 Å². The molecule has 0 saturated heterocycles. The van der Waals surface area contributed by atoms with Gasteiger partial charge in [0, 0.05) is 6.54 Å². The van der Waals surface area contributed by atoms with E-state index in [1.807, 2.05) is 22.8 Å². The van der Waals surface area contributed by atoms with Crippen LogP contribution in [-0.4, -0.2) is 36.3 Å². The molecule has 1 unspecified atom stereocenters. The van der Waals surface area contributed by atoms with Crippen molar-refractivity contribution in [2.24, 2.45) is 4.99 Å². The summed E-state index contributed by atoms with van der Waals surface area (Å²) < 4.78 is 18.8. The molecule has 0 aliphatic carbocycles. The lowest BCUT2D eigenvalue weighted by atomic mass is 10.2. The molecule has 1 atom stereocenters. The molecule has 0 saturated carbocycles. The Kier molecular flexibility index (Phi) is 5.18. The van der Waals surface area contributed by atoms with Crippen LogP contribution in [-0.2, 0) is 16.1 Å². The number of hydrogen-bond acceptors (Lipinski definition) is 6. The summed E-state index contributed by atoms with van der Waals surface area (Å²) in [5, 5.41) is 0. The van der Waals surface area contributed by atoms with E-state index in [0.717, 1.165) is 10.2 Å². The van der Waals surface area contributed by atoms with E-state index >= 15 is 0 Å².